The fourth-order valence-electron chi connectivity index (χ4n) is 1.80. The third kappa shape index (κ3) is 4.77. The van der Waals surface area contributed by atoms with E-state index < -0.39 is 10.2 Å². The molecule has 5 nitrogen and oxygen atoms in total. The third-order valence-corrected chi connectivity index (χ3v) is 4.81. The van der Waals surface area contributed by atoms with E-state index in [1.807, 2.05) is 32.9 Å². The van der Waals surface area contributed by atoms with E-state index in [1.54, 1.807) is 13.1 Å². The maximum atomic E-state index is 12.2. The van der Waals surface area contributed by atoms with Gasteiger partial charge in [-0.05, 0) is 50.6 Å². The summed E-state index contributed by atoms with van der Waals surface area (Å²) in [6.45, 7) is 8.12. The number of rotatable bonds is 8. The van der Waals surface area contributed by atoms with E-state index in [9.17, 15) is 8.42 Å². The molecule has 0 bridgehead atoms. The standard InChI is InChI=1S/C14H25N3O2S/c1-5-15-10-7-11-17(4)20(18,19)16-14-9-6-8-12(2)13(14)3/h6,8-9,15-16H,5,7,10-11H2,1-4H3. The van der Waals surface area contributed by atoms with Crippen LogP contribution >= 0.6 is 0 Å². The molecule has 1 aromatic rings. The molecule has 0 aliphatic rings. The molecular formula is C14H25N3O2S. The second kappa shape index (κ2) is 7.61. The van der Waals surface area contributed by atoms with Crippen molar-refractivity contribution >= 4 is 15.9 Å². The van der Waals surface area contributed by atoms with Crippen LogP contribution in [0.15, 0.2) is 18.2 Å². The van der Waals surface area contributed by atoms with Crippen LogP contribution in [0.2, 0.25) is 0 Å². The van der Waals surface area contributed by atoms with Crippen LogP contribution in [-0.2, 0) is 10.2 Å². The Morgan fingerprint density at radius 3 is 2.60 bits per heavy atom. The average Bonchev–Trinajstić information content (AvgIpc) is 2.39. The van der Waals surface area contributed by atoms with Crippen molar-refractivity contribution in [2.75, 3.05) is 31.4 Å². The van der Waals surface area contributed by atoms with Crippen molar-refractivity contribution in [3.05, 3.63) is 29.3 Å². The Labute approximate surface area is 122 Å². The highest BCUT2D eigenvalue weighted by Gasteiger charge is 2.18. The van der Waals surface area contributed by atoms with Crippen LogP contribution in [0.3, 0.4) is 0 Å². The summed E-state index contributed by atoms with van der Waals surface area (Å²) in [5.74, 6) is 0. The first kappa shape index (κ1) is 16.9. The Hall–Kier alpha value is -1.11. The van der Waals surface area contributed by atoms with E-state index >= 15 is 0 Å². The summed E-state index contributed by atoms with van der Waals surface area (Å²) in [6.07, 6.45) is 0.790. The lowest BCUT2D eigenvalue weighted by Crippen LogP contribution is -2.34. The van der Waals surface area contributed by atoms with Gasteiger partial charge in [0.05, 0.1) is 5.69 Å². The number of benzene rings is 1. The van der Waals surface area contributed by atoms with Gasteiger partial charge in [0.2, 0.25) is 0 Å². The molecular weight excluding hydrogens is 274 g/mol. The topological polar surface area (TPSA) is 61.4 Å². The van der Waals surface area contributed by atoms with Crippen LogP contribution < -0.4 is 10.0 Å². The number of aryl methyl sites for hydroxylation is 1. The Morgan fingerprint density at radius 2 is 1.95 bits per heavy atom. The third-order valence-electron chi connectivity index (χ3n) is 3.33. The molecule has 114 valence electrons. The first-order chi connectivity index (χ1) is 9.38. The van der Waals surface area contributed by atoms with Crippen LogP contribution in [-0.4, -0.2) is 39.4 Å². The summed E-state index contributed by atoms with van der Waals surface area (Å²) >= 11 is 0. The van der Waals surface area contributed by atoms with E-state index in [-0.39, 0.29) is 0 Å². The van der Waals surface area contributed by atoms with Gasteiger partial charge in [0.25, 0.3) is 0 Å². The zero-order chi connectivity index (χ0) is 15.2. The van der Waals surface area contributed by atoms with Gasteiger partial charge in [-0.3, -0.25) is 4.72 Å². The Kier molecular flexibility index (Phi) is 6.45. The molecule has 0 fully saturated rings. The molecule has 1 aromatic carbocycles. The van der Waals surface area contributed by atoms with Gasteiger partial charge in [-0.1, -0.05) is 19.1 Å². The smallest absolute Gasteiger partial charge is 0.301 e. The highest BCUT2D eigenvalue weighted by Crippen LogP contribution is 2.19. The molecule has 1 rings (SSSR count). The van der Waals surface area contributed by atoms with Crippen LogP contribution in [0.25, 0.3) is 0 Å². The van der Waals surface area contributed by atoms with E-state index in [2.05, 4.69) is 10.0 Å². The van der Waals surface area contributed by atoms with Gasteiger partial charge in [0.1, 0.15) is 0 Å². The SMILES string of the molecule is CCNCCCN(C)S(=O)(=O)Nc1cccc(C)c1C. The van der Waals surface area contributed by atoms with Crippen LogP contribution in [0.1, 0.15) is 24.5 Å². The summed E-state index contributed by atoms with van der Waals surface area (Å²) in [7, 11) is -1.89. The van der Waals surface area contributed by atoms with E-state index in [4.69, 9.17) is 0 Å². The van der Waals surface area contributed by atoms with Gasteiger partial charge >= 0.3 is 10.2 Å². The van der Waals surface area contributed by atoms with Crippen molar-refractivity contribution in [3.8, 4) is 0 Å². The predicted octanol–water partition coefficient (Wildman–Crippen LogP) is 1.89. The lowest BCUT2D eigenvalue weighted by molar-refractivity contribution is 0.459. The van der Waals surface area contributed by atoms with Crippen LogP contribution in [0.4, 0.5) is 5.69 Å². The van der Waals surface area contributed by atoms with Crippen molar-refractivity contribution in [1.82, 2.24) is 9.62 Å². The molecule has 0 radical (unpaired) electrons. The molecule has 20 heavy (non-hydrogen) atoms. The van der Waals surface area contributed by atoms with E-state index in [0.717, 1.165) is 30.6 Å². The van der Waals surface area contributed by atoms with Gasteiger partial charge in [0, 0.05) is 13.6 Å². The Bertz CT molecular complexity index is 529. The molecule has 0 amide bonds. The normalized spacial score (nSPS) is 11.8. The van der Waals surface area contributed by atoms with Gasteiger partial charge in [-0.15, -0.1) is 0 Å². The number of hydrogen-bond acceptors (Lipinski definition) is 3. The molecule has 0 spiro atoms. The zero-order valence-corrected chi connectivity index (χ0v) is 13.5. The molecule has 0 saturated heterocycles. The summed E-state index contributed by atoms with van der Waals surface area (Å²) in [6, 6.07) is 5.60. The number of nitrogens with one attached hydrogen (secondary N) is 2. The Balaban J connectivity index is 2.67. The van der Waals surface area contributed by atoms with Gasteiger partial charge in [0.15, 0.2) is 0 Å². The fourth-order valence-corrected chi connectivity index (χ4v) is 2.83. The van der Waals surface area contributed by atoms with Crippen molar-refractivity contribution < 1.29 is 8.42 Å². The van der Waals surface area contributed by atoms with Gasteiger partial charge in [-0.2, -0.15) is 12.7 Å². The zero-order valence-electron chi connectivity index (χ0n) is 12.7. The van der Waals surface area contributed by atoms with E-state index in [0.29, 0.717) is 12.2 Å². The number of hydrogen-bond donors (Lipinski definition) is 2. The van der Waals surface area contributed by atoms with Crippen LogP contribution in [0.5, 0.6) is 0 Å². The van der Waals surface area contributed by atoms with Gasteiger partial charge in [-0.25, -0.2) is 0 Å². The predicted molar refractivity (Wildman–Crippen MR) is 84.2 cm³/mol. The lowest BCUT2D eigenvalue weighted by Gasteiger charge is -2.19. The maximum Gasteiger partial charge on any atom is 0.301 e. The second-order valence-corrected chi connectivity index (χ2v) is 6.66. The minimum Gasteiger partial charge on any atom is -0.317 e. The largest absolute Gasteiger partial charge is 0.317 e. The molecule has 2 N–H and O–H groups in total. The van der Waals surface area contributed by atoms with Crippen molar-refractivity contribution in [2.45, 2.75) is 27.2 Å². The van der Waals surface area contributed by atoms with Gasteiger partial charge < -0.3 is 5.32 Å². The molecule has 6 heteroatoms. The monoisotopic (exact) mass is 299 g/mol. The fraction of sp³-hybridized carbons (Fsp3) is 0.571. The summed E-state index contributed by atoms with van der Waals surface area (Å²) in [5, 5.41) is 3.18. The quantitative estimate of drug-likeness (QED) is 0.721. The minimum absolute atomic E-state index is 0.493. The molecule has 0 aliphatic heterocycles. The highest BCUT2D eigenvalue weighted by molar-refractivity contribution is 7.90. The van der Waals surface area contributed by atoms with Crippen molar-refractivity contribution in [1.29, 1.82) is 0 Å². The minimum atomic E-state index is -3.48. The number of nitrogens with zero attached hydrogens (tertiary/aromatic N) is 1. The molecule has 0 atom stereocenters. The molecule has 0 saturated carbocycles. The van der Waals surface area contributed by atoms with Crippen molar-refractivity contribution in [2.24, 2.45) is 0 Å². The molecule has 0 aliphatic carbocycles. The summed E-state index contributed by atoms with van der Waals surface area (Å²) in [4.78, 5) is 0. The molecule has 0 aromatic heterocycles. The summed E-state index contributed by atoms with van der Waals surface area (Å²) in [5.41, 5.74) is 2.67. The lowest BCUT2D eigenvalue weighted by atomic mass is 10.1. The first-order valence-corrected chi connectivity index (χ1v) is 8.33. The molecule has 0 unspecified atom stereocenters. The highest BCUT2D eigenvalue weighted by atomic mass is 32.2. The molecule has 0 heterocycles. The second-order valence-electron chi connectivity index (χ2n) is 4.88. The number of anilines is 1. The summed E-state index contributed by atoms with van der Waals surface area (Å²) < 4.78 is 28.4. The van der Waals surface area contributed by atoms with Crippen molar-refractivity contribution in [3.63, 3.8) is 0 Å². The average molecular weight is 299 g/mol. The first-order valence-electron chi connectivity index (χ1n) is 6.89. The van der Waals surface area contributed by atoms with E-state index in [1.165, 1.54) is 4.31 Å². The Morgan fingerprint density at radius 1 is 1.25 bits per heavy atom. The van der Waals surface area contributed by atoms with Crippen LogP contribution in [0, 0.1) is 13.8 Å². The maximum absolute atomic E-state index is 12.2.